The average molecular weight is 467 g/mol. The summed E-state index contributed by atoms with van der Waals surface area (Å²) in [6.07, 6.45) is 0. The van der Waals surface area contributed by atoms with Crippen molar-refractivity contribution in [3.63, 3.8) is 0 Å². The van der Waals surface area contributed by atoms with Crippen molar-refractivity contribution in [2.75, 3.05) is 32.7 Å². The summed E-state index contributed by atoms with van der Waals surface area (Å²) in [6.45, 7) is 8.73. The van der Waals surface area contributed by atoms with E-state index in [1.165, 1.54) is 35.6 Å². The predicted molar refractivity (Wildman–Crippen MR) is 127 cm³/mol. The monoisotopic (exact) mass is 466 g/mol. The molecule has 1 saturated heterocycles. The predicted octanol–water partition coefficient (Wildman–Crippen LogP) is 3.56. The highest BCUT2D eigenvalue weighted by atomic mass is 32.1. The first kappa shape index (κ1) is 23.1. The number of likely N-dealkylation sites (N-methyl/N-ethyl adjacent to an activating group) is 1. The van der Waals surface area contributed by atoms with Gasteiger partial charge in [0.2, 0.25) is 0 Å². The van der Waals surface area contributed by atoms with Gasteiger partial charge in [0, 0.05) is 48.4 Å². The van der Waals surface area contributed by atoms with Gasteiger partial charge in [-0.15, -0.1) is 11.3 Å². The van der Waals surface area contributed by atoms with Crippen molar-refractivity contribution in [2.24, 2.45) is 4.99 Å². The quantitative estimate of drug-likeness (QED) is 0.578. The number of hydrogen-bond acceptors (Lipinski definition) is 4. The number of carbonyl (C=O) groups is 2. The summed E-state index contributed by atoms with van der Waals surface area (Å²) in [5, 5.41) is 1.94. The summed E-state index contributed by atoms with van der Waals surface area (Å²) in [4.78, 5) is 35.0. The molecule has 0 aliphatic carbocycles. The van der Waals surface area contributed by atoms with E-state index in [0.29, 0.717) is 22.5 Å². The van der Waals surface area contributed by atoms with Crippen LogP contribution in [-0.4, -0.2) is 58.9 Å². The Labute approximate surface area is 196 Å². The third-order valence-corrected chi connectivity index (χ3v) is 6.94. The summed E-state index contributed by atoms with van der Waals surface area (Å²) in [7, 11) is 0. The second-order valence-electron chi connectivity index (χ2n) is 8.05. The lowest BCUT2D eigenvalue weighted by molar-refractivity contribution is 0.0642. The summed E-state index contributed by atoms with van der Waals surface area (Å²) in [6, 6.07) is 13.0. The second-order valence-corrected chi connectivity index (χ2v) is 8.89. The van der Waals surface area contributed by atoms with Gasteiger partial charge in [-0.1, -0.05) is 25.1 Å². The van der Waals surface area contributed by atoms with Crippen LogP contribution < -0.4 is 4.80 Å². The van der Waals surface area contributed by atoms with E-state index in [-0.39, 0.29) is 5.91 Å². The van der Waals surface area contributed by atoms with Crippen molar-refractivity contribution in [2.45, 2.75) is 20.4 Å². The maximum atomic E-state index is 13.3. The minimum atomic E-state index is -0.427. The van der Waals surface area contributed by atoms with E-state index in [1.807, 2.05) is 46.0 Å². The standard InChI is InChI=1S/C25H27FN4O2S/c1-3-28-12-14-29(15-13-28)24(32)22-7-5-4-6-20(22)16-30-18(2)17-33-25(30)27-23(31)19-8-10-21(26)11-9-19/h4-11,17H,3,12-16H2,1-2H3. The molecule has 8 heteroatoms. The van der Waals surface area contributed by atoms with Crippen LogP contribution >= 0.6 is 11.3 Å². The van der Waals surface area contributed by atoms with Crippen LogP contribution in [0.2, 0.25) is 0 Å². The van der Waals surface area contributed by atoms with Crippen LogP contribution in [0.5, 0.6) is 0 Å². The number of aryl methyl sites for hydroxylation is 1. The second kappa shape index (κ2) is 10.2. The van der Waals surface area contributed by atoms with E-state index in [0.717, 1.165) is 44.0 Å². The molecule has 0 saturated carbocycles. The molecule has 1 aliphatic rings. The molecule has 4 rings (SSSR count). The number of rotatable bonds is 5. The number of amides is 2. The molecule has 6 nitrogen and oxygen atoms in total. The van der Waals surface area contributed by atoms with Gasteiger partial charge in [0.25, 0.3) is 11.8 Å². The number of benzene rings is 2. The Bertz CT molecular complexity index is 1210. The first-order valence-corrected chi connectivity index (χ1v) is 11.9. The molecule has 0 atom stereocenters. The van der Waals surface area contributed by atoms with Crippen LogP contribution in [0.25, 0.3) is 0 Å². The Hall–Kier alpha value is -3.10. The summed E-state index contributed by atoms with van der Waals surface area (Å²) in [5.41, 5.74) is 2.84. The molecule has 1 fully saturated rings. The molecule has 2 amide bonds. The molecule has 1 aromatic heterocycles. The molecule has 0 bridgehead atoms. The number of thiazole rings is 1. The molecule has 3 aromatic rings. The largest absolute Gasteiger partial charge is 0.336 e. The molecule has 0 unspecified atom stereocenters. The molecule has 0 spiro atoms. The zero-order chi connectivity index (χ0) is 23.4. The van der Waals surface area contributed by atoms with E-state index < -0.39 is 11.7 Å². The van der Waals surface area contributed by atoms with Crippen LogP contribution in [0.4, 0.5) is 4.39 Å². The van der Waals surface area contributed by atoms with E-state index >= 15 is 0 Å². The fourth-order valence-electron chi connectivity index (χ4n) is 3.91. The highest BCUT2D eigenvalue weighted by molar-refractivity contribution is 7.07. The molecule has 0 N–H and O–H groups in total. The van der Waals surface area contributed by atoms with E-state index in [1.54, 1.807) is 0 Å². The first-order valence-electron chi connectivity index (χ1n) is 11.1. The van der Waals surface area contributed by atoms with Gasteiger partial charge in [-0.05, 0) is 49.4 Å². The fourth-order valence-corrected chi connectivity index (χ4v) is 4.79. The molecule has 0 radical (unpaired) electrons. The molecule has 33 heavy (non-hydrogen) atoms. The zero-order valence-corrected chi connectivity index (χ0v) is 19.6. The normalized spacial score (nSPS) is 15.1. The number of halogens is 1. The Morgan fingerprint density at radius 2 is 1.73 bits per heavy atom. The topological polar surface area (TPSA) is 57.9 Å². The van der Waals surface area contributed by atoms with Gasteiger partial charge >= 0.3 is 0 Å². The van der Waals surface area contributed by atoms with Crippen molar-refractivity contribution >= 4 is 23.2 Å². The molecule has 1 aliphatic heterocycles. The molecule has 172 valence electrons. The van der Waals surface area contributed by atoms with Gasteiger partial charge in [-0.25, -0.2) is 4.39 Å². The summed E-state index contributed by atoms with van der Waals surface area (Å²) in [5.74, 6) is -0.787. The average Bonchev–Trinajstić information content (AvgIpc) is 3.18. The first-order chi connectivity index (χ1) is 16.0. The molecule has 2 aromatic carbocycles. The Morgan fingerprint density at radius 1 is 1.03 bits per heavy atom. The van der Waals surface area contributed by atoms with E-state index in [9.17, 15) is 14.0 Å². The number of aromatic nitrogens is 1. The van der Waals surface area contributed by atoms with Gasteiger partial charge in [0.05, 0.1) is 6.54 Å². The van der Waals surface area contributed by atoms with Gasteiger partial charge in [0.1, 0.15) is 5.82 Å². The maximum Gasteiger partial charge on any atom is 0.279 e. The smallest absolute Gasteiger partial charge is 0.279 e. The molecule has 2 heterocycles. The maximum absolute atomic E-state index is 13.3. The number of hydrogen-bond donors (Lipinski definition) is 0. The fraction of sp³-hybridized carbons (Fsp3) is 0.320. The van der Waals surface area contributed by atoms with Crippen molar-refractivity contribution < 1.29 is 14.0 Å². The van der Waals surface area contributed by atoms with Crippen LogP contribution in [0.1, 0.15) is 38.9 Å². The highest BCUT2D eigenvalue weighted by Crippen LogP contribution is 2.16. The third-order valence-electron chi connectivity index (χ3n) is 5.96. The number of piperazine rings is 1. The van der Waals surface area contributed by atoms with E-state index in [2.05, 4.69) is 16.8 Å². The lowest BCUT2D eigenvalue weighted by Gasteiger charge is -2.34. The van der Waals surface area contributed by atoms with Gasteiger partial charge in [-0.2, -0.15) is 4.99 Å². The lowest BCUT2D eigenvalue weighted by Crippen LogP contribution is -2.48. The third kappa shape index (κ3) is 5.29. The van der Waals surface area contributed by atoms with Gasteiger partial charge < -0.3 is 14.4 Å². The number of carbonyl (C=O) groups excluding carboxylic acids is 2. The van der Waals surface area contributed by atoms with Crippen LogP contribution in [0.3, 0.4) is 0 Å². The lowest BCUT2D eigenvalue weighted by atomic mass is 10.1. The summed E-state index contributed by atoms with van der Waals surface area (Å²) >= 11 is 1.37. The Kier molecular flexibility index (Phi) is 7.15. The highest BCUT2D eigenvalue weighted by Gasteiger charge is 2.23. The van der Waals surface area contributed by atoms with Crippen LogP contribution in [-0.2, 0) is 6.54 Å². The van der Waals surface area contributed by atoms with Crippen LogP contribution in [0.15, 0.2) is 58.9 Å². The minimum absolute atomic E-state index is 0.0377. The molecular formula is C25H27FN4O2S. The van der Waals surface area contributed by atoms with Gasteiger partial charge in [0.15, 0.2) is 4.80 Å². The van der Waals surface area contributed by atoms with Crippen molar-refractivity contribution in [3.8, 4) is 0 Å². The summed E-state index contributed by atoms with van der Waals surface area (Å²) < 4.78 is 15.1. The molecular weight excluding hydrogens is 439 g/mol. The van der Waals surface area contributed by atoms with E-state index in [4.69, 9.17) is 0 Å². The van der Waals surface area contributed by atoms with Crippen LogP contribution in [0, 0.1) is 12.7 Å². The number of nitrogens with zero attached hydrogens (tertiary/aromatic N) is 4. The van der Waals surface area contributed by atoms with Gasteiger partial charge in [-0.3, -0.25) is 9.59 Å². The van der Waals surface area contributed by atoms with Crippen molar-refractivity contribution in [1.82, 2.24) is 14.4 Å². The van der Waals surface area contributed by atoms with Crippen molar-refractivity contribution in [3.05, 3.63) is 86.9 Å². The minimum Gasteiger partial charge on any atom is -0.336 e. The zero-order valence-electron chi connectivity index (χ0n) is 18.8. The Morgan fingerprint density at radius 3 is 2.42 bits per heavy atom. The Balaban J connectivity index is 1.60. The van der Waals surface area contributed by atoms with Crippen molar-refractivity contribution in [1.29, 1.82) is 0 Å². The SMILES string of the molecule is CCN1CCN(C(=O)c2ccccc2Cn2c(C)csc2=NC(=O)c2ccc(F)cc2)CC1.